The van der Waals surface area contributed by atoms with E-state index in [1.807, 2.05) is 0 Å². The Morgan fingerprint density at radius 1 is 1.03 bits per heavy atom. The van der Waals surface area contributed by atoms with Gasteiger partial charge in [-0.15, -0.1) is 0 Å². The third kappa shape index (κ3) is 4.75. The summed E-state index contributed by atoms with van der Waals surface area (Å²) in [5.74, 6) is -1.92. The Labute approximate surface area is 172 Å². The quantitative estimate of drug-likeness (QED) is 0.360. The Balaban J connectivity index is 2.12. The molecule has 0 fully saturated rings. The standard InChI is InChI=1S/C20H14BrF2N3O3/c1-11(27)24-14-7-12(20-16(22)3-2-4-17(20)23)8-15(10-14)25-18-6-5-13(21)9-19(18)26(28)29/h2-10,25H,1H3,(H,24,27). The molecule has 0 aliphatic rings. The highest BCUT2D eigenvalue weighted by Crippen LogP contribution is 2.35. The zero-order valence-corrected chi connectivity index (χ0v) is 16.6. The van der Waals surface area contributed by atoms with Crippen molar-refractivity contribution in [1.29, 1.82) is 0 Å². The second-order valence-electron chi connectivity index (χ2n) is 6.12. The Kier molecular flexibility index (Phi) is 5.88. The molecular formula is C20H14BrF2N3O3. The highest BCUT2D eigenvalue weighted by molar-refractivity contribution is 9.10. The molecule has 0 atom stereocenters. The maximum atomic E-state index is 14.3. The lowest BCUT2D eigenvalue weighted by molar-refractivity contribution is -0.384. The molecule has 1 amide bonds. The monoisotopic (exact) mass is 461 g/mol. The molecule has 0 bridgehead atoms. The Bertz CT molecular complexity index is 1100. The van der Waals surface area contributed by atoms with E-state index in [0.717, 1.165) is 12.1 Å². The van der Waals surface area contributed by atoms with Crippen LogP contribution in [0.4, 0.5) is 31.5 Å². The molecule has 0 aromatic heterocycles. The van der Waals surface area contributed by atoms with Crippen LogP contribution in [0.25, 0.3) is 11.1 Å². The summed E-state index contributed by atoms with van der Waals surface area (Å²) in [5, 5.41) is 16.8. The summed E-state index contributed by atoms with van der Waals surface area (Å²) in [4.78, 5) is 22.3. The van der Waals surface area contributed by atoms with Gasteiger partial charge in [-0.1, -0.05) is 22.0 Å². The third-order valence-electron chi connectivity index (χ3n) is 3.94. The van der Waals surface area contributed by atoms with E-state index >= 15 is 0 Å². The molecule has 0 spiro atoms. The summed E-state index contributed by atoms with van der Waals surface area (Å²) in [7, 11) is 0. The van der Waals surface area contributed by atoms with Gasteiger partial charge in [0, 0.05) is 28.8 Å². The number of amides is 1. The summed E-state index contributed by atoms with van der Waals surface area (Å²) in [6.45, 7) is 1.29. The van der Waals surface area contributed by atoms with Crippen LogP contribution in [-0.4, -0.2) is 10.8 Å². The number of carbonyl (C=O) groups is 1. The number of benzene rings is 3. The van der Waals surface area contributed by atoms with Gasteiger partial charge in [0.25, 0.3) is 5.69 Å². The van der Waals surface area contributed by atoms with Gasteiger partial charge < -0.3 is 10.6 Å². The van der Waals surface area contributed by atoms with Crippen LogP contribution >= 0.6 is 15.9 Å². The van der Waals surface area contributed by atoms with Gasteiger partial charge in [-0.3, -0.25) is 14.9 Å². The number of hydrogen-bond donors (Lipinski definition) is 2. The fourth-order valence-electron chi connectivity index (χ4n) is 2.81. The second-order valence-corrected chi connectivity index (χ2v) is 7.04. The molecule has 0 unspecified atom stereocenters. The number of halogens is 3. The minimum absolute atomic E-state index is 0.161. The number of nitrogens with zero attached hydrogens (tertiary/aromatic N) is 1. The van der Waals surface area contributed by atoms with Gasteiger partial charge in [0.1, 0.15) is 17.3 Å². The van der Waals surface area contributed by atoms with Gasteiger partial charge in [0.2, 0.25) is 5.91 Å². The first-order valence-corrected chi connectivity index (χ1v) is 9.12. The van der Waals surface area contributed by atoms with Crippen molar-refractivity contribution in [3.63, 3.8) is 0 Å². The Morgan fingerprint density at radius 2 is 1.69 bits per heavy atom. The molecule has 0 aliphatic heterocycles. The van der Waals surface area contributed by atoms with Gasteiger partial charge in [-0.25, -0.2) is 8.78 Å². The topological polar surface area (TPSA) is 84.3 Å². The Morgan fingerprint density at radius 3 is 2.31 bits per heavy atom. The summed E-state index contributed by atoms with van der Waals surface area (Å²) < 4.78 is 29.0. The molecule has 6 nitrogen and oxygen atoms in total. The first-order chi connectivity index (χ1) is 13.7. The summed E-state index contributed by atoms with van der Waals surface area (Å²) in [6, 6.07) is 12.3. The van der Waals surface area contributed by atoms with Gasteiger partial charge in [-0.05, 0) is 48.0 Å². The maximum absolute atomic E-state index is 14.3. The predicted octanol–water partition coefficient (Wildman–Crippen LogP) is 6.00. The van der Waals surface area contributed by atoms with Gasteiger partial charge in [-0.2, -0.15) is 0 Å². The number of rotatable bonds is 5. The van der Waals surface area contributed by atoms with E-state index in [1.54, 1.807) is 6.07 Å². The van der Waals surface area contributed by atoms with E-state index in [4.69, 9.17) is 0 Å². The molecule has 9 heteroatoms. The molecule has 3 aromatic carbocycles. The van der Waals surface area contributed by atoms with Crippen LogP contribution in [-0.2, 0) is 4.79 Å². The molecule has 3 rings (SSSR count). The van der Waals surface area contributed by atoms with Crippen LogP contribution in [0.15, 0.2) is 59.1 Å². The Hall–Kier alpha value is -3.33. The second kappa shape index (κ2) is 8.36. The van der Waals surface area contributed by atoms with Crippen LogP contribution in [0.2, 0.25) is 0 Å². The lowest BCUT2D eigenvalue weighted by atomic mass is 10.0. The van der Waals surface area contributed by atoms with Crippen molar-refractivity contribution in [1.82, 2.24) is 0 Å². The molecule has 0 saturated carbocycles. The molecule has 29 heavy (non-hydrogen) atoms. The zero-order chi connectivity index (χ0) is 21.1. The van der Waals surface area contributed by atoms with Crippen molar-refractivity contribution in [2.24, 2.45) is 0 Å². The van der Waals surface area contributed by atoms with Crippen molar-refractivity contribution in [3.8, 4) is 11.1 Å². The normalized spacial score (nSPS) is 10.5. The van der Waals surface area contributed by atoms with Gasteiger partial charge in [0.15, 0.2) is 0 Å². The molecule has 148 valence electrons. The highest BCUT2D eigenvalue weighted by Gasteiger charge is 2.17. The van der Waals surface area contributed by atoms with Crippen LogP contribution in [0.5, 0.6) is 0 Å². The molecule has 0 aliphatic carbocycles. The first kappa shape index (κ1) is 20.4. The van der Waals surface area contributed by atoms with E-state index < -0.39 is 16.6 Å². The van der Waals surface area contributed by atoms with E-state index in [9.17, 15) is 23.7 Å². The molecular weight excluding hydrogens is 448 g/mol. The van der Waals surface area contributed by atoms with Crippen molar-refractivity contribution < 1.29 is 18.5 Å². The molecule has 0 heterocycles. The number of anilines is 3. The van der Waals surface area contributed by atoms with E-state index in [1.165, 1.54) is 43.3 Å². The number of nitro groups is 1. The fraction of sp³-hybridized carbons (Fsp3) is 0.0500. The van der Waals surface area contributed by atoms with Crippen molar-refractivity contribution in [3.05, 3.63) is 80.8 Å². The van der Waals surface area contributed by atoms with E-state index in [-0.39, 0.29) is 34.1 Å². The zero-order valence-electron chi connectivity index (χ0n) is 15.0. The van der Waals surface area contributed by atoms with Gasteiger partial charge >= 0.3 is 0 Å². The van der Waals surface area contributed by atoms with Crippen molar-refractivity contribution in [2.45, 2.75) is 6.92 Å². The van der Waals surface area contributed by atoms with Gasteiger partial charge in [0.05, 0.1) is 10.5 Å². The van der Waals surface area contributed by atoms with Crippen LogP contribution in [0.3, 0.4) is 0 Å². The third-order valence-corrected chi connectivity index (χ3v) is 4.43. The minimum atomic E-state index is -0.773. The van der Waals surface area contributed by atoms with E-state index in [2.05, 4.69) is 26.6 Å². The SMILES string of the molecule is CC(=O)Nc1cc(Nc2ccc(Br)cc2[N+](=O)[O-])cc(-c2c(F)cccc2F)c1. The lowest BCUT2D eigenvalue weighted by Crippen LogP contribution is -2.06. The predicted molar refractivity (Wildman–Crippen MR) is 110 cm³/mol. The average Bonchev–Trinajstić information content (AvgIpc) is 2.62. The average molecular weight is 462 g/mol. The van der Waals surface area contributed by atoms with Crippen LogP contribution in [0.1, 0.15) is 6.92 Å². The van der Waals surface area contributed by atoms with Crippen molar-refractivity contribution >= 4 is 44.6 Å². The molecule has 0 saturated heterocycles. The largest absolute Gasteiger partial charge is 0.350 e. The number of nitro benzene ring substituents is 1. The molecule has 0 radical (unpaired) electrons. The summed E-state index contributed by atoms with van der Waals surface area (Å²) in [5.41, 5.74) is 0.461. The maximum Gasteiger partial charge on any atom is 0.293 e. The highest BCUT2D eigenvalue weighted by atomic mass is 79.9. The van der Waals surface area contributed by atoms with Crippen LogP contribution < -0.4 is 10.6 Å². The molecule has 2 N–H and O–H groups in total. The summed E-state index contributed by atoms with van der Waals surface area (Å²) >= 11 is 3.18. The molecule has 3 aromatic rings. The lowest BCUT2D eigenvalue weighted by Gasteiger charge is -2.13. The first-order valence-electron chi connectivity index (χ1n) is 8.32. The number of hydrogen-bond acceptors (Lipinski definition) is 4. The smallest absolute Gasteiger partial charge is 0.293 e. The summed E-state index contributed by atoms with van der Waals surface area (Å²) in [6.07, 6.45) is 0. The van der Waals surface area contributed by atoms with Crippen LogP contribution in [0, 0.1) is 21.7 Å². The fourth-order valence-corrected chi connectivity index (χ4v) is 3.16. The number of carbonyl (C=O) groups excluding carboxylic acids is 1. The van der Waals surface area contributed by atoms with E-state index in [0.29, 0.717) is 10.2 Å². The van der Waals surface area contributed by atoms with Crippen molar-refractivity contribution in [2.75, 3.05) is 10.6 Å². The minimum Gasteiger partial charge on any atom is -0.350 e. The number of nitrogens with one attached hydrogen (secondary N) is 2.